The minimum Gasteiger partial charge on any atom is -0.465 e. The number of ether oxygens (including phenoxy) is 1. The van der Waals surface area contributed by atoms with Crippen molar-refractivity contribution in [3.05, 3.63) is 94.8 Å². The summed E-state index contributed by atoms with van der Waals surface area (Å²) in [6.45, 7) is 1.64. The smallest absolute Gasteiger partial charge is 0.337 e. The summed E-state index contributed by atoms with van der Waals surface area (Å²) >= 11 is 7.61. The standard InChI is InChI=1S/C26H30ClN3O4S2/c1-34-26(31)22-7-5-20(6-8-22)17-30(18-21-4-3-14-28-16-21)19-24(13-15-35-2)29-36(32,33)25-11-9-23(27)10-12-25/h3-12,14,16,24,29H,13,15,17-19H2,1-2H3/t24-/m1/s1. The lowest BCUT2D eigenvalue weighted by Crippen LogP contribution is -2.43. The first-order valence-corrected chi connectivity index (χ1v) is 14.6. The van der Waals surface area contributed by atoms with Crippen LogP contribution in [0.25, 0.3) is 0 Å². The van der Waals surface area contributed by atoms with Crippen molar-refractivity contribution in [1.82, 2.24) is 14.6 Å². The minimum atomic E-state index is -3.72. The number of esters is 1. The molecule has 3 rings (SSSR count). The SMILES string of the molecule is COC(=O)c1ccc(CN(Cc2cccnc2)C[C@@H](CCSC)NS(=O)(=O)c2ccc(Cl)cc2)cc1. The van der Waals surface area contributed by atoms with E-state index in [0.717, 1.165) is 16.9 Å². The lowest BCUT2D eigenvalue weighted by atomic mass is 10.1. The molecule has 0 unspecified atom stereocenters. The molecule has 192 valence electrons. The molecule has 0 amide bonds. The number of nitrogens with one attached hydrogen (secondary N) is 1. The lowest BCUT2D eigenvalue weighted by Gasteiger charge is -2.28. The second kappa shape index (κ2) is 13.8. The van der Waals surface area contributed by atoms with Crippen molar-refractivity contribution in [3.63, 3.8) is 0 Å². The number of methoxy groups -OCH3 is 1. The summed E-state index contributed by atoms with van der Waals surface area (Å²) in [7, 11) is -2.37. The number of hydrogen-bond acceptors (Lipinski definition) is 7. The Kier molecular flexibility index (Phi) is 10.8. The summed E-state index contributed by atoms with van der Waals surface area (Å²) in [6.07, 6.45) is 6.20. The number of aromatic nitrogens is 1. The average Bonchev–Trinajstić information content (AvgIpc) is 2.88. The molecule has 0 aliphatic carbocycles. The highest BCUT2D eigenvalue weighted by molar-refractivity contribution is 7.98. The van der Waals surface area contributed by atoms with Crippen LogP contribution in [0.4, 0.5) is 0 Å². The van der Waals surface area contributed by atoms with Gasteiger partial charge in [-0.15, -0.1) is 0 Å². The Morgan fingerprint density at radius 2 is 1.78 bits per heavy atom. The quantitative estimate of drug-likeness (QED) is 0.312. The molecule has 0 fully saturated rings. The van der Waals surface area contributed by atoms with Crippen molar-refractivity contribution >= 4 is 39.4 Å². The van der Waals surface area contributed by atoms with Gasteiger partial charge in [0.25, 0.3) is 0 Å². The van der Waals surface area contributed by atoms with Gasteiger partial charge >= 0.3 is 5.97 Å². The number of thioether (sulfide) groups is 1. The van der Waals surface area contributed by atoms with Crippen LogP contribution in [0.5, 0.6) is 0 Å². The summed E-state index contributed by atoms with van der Waals surface area (Å²) < 4.78 is 33.9. The van der Waals surface area contributed by atoms with Crippen LogP contribution in [-0.4, -0.2) is 56.0 Å². The van der Waals surface area contributed by atoms with Crippen molar-refractivity contribution in [1.29, 1.82) is 0 Å². The Hall–Kier alpha value is -2.43. The predicted molar refractivity (Wildman–Crippen MR) is 145 cm³/mol. The van der Waals surface area contributed by atoms with E-state index in [1.54, 1.807) is 42.2 Å². The monoisotopic (exact) mass is 547 g/mol. The molecule has 0 aliphatic rings. The van der Waals surface area contributed by atoms with E-state index >= 15 is 0 Å². The number of pyridine rings is 1. The van der Waals surface area contributed by atoms with Crippen molar-refractivity contribution in [2.24, 2.45) is 0 Å². The fourth-order valence-electron chi connectivity index (χ4n) is 3.72. The maximum atomic E-state index is 13.1. The van der Waals surface area contributed by atoms with Gasteiger partial charge < -0.3 is 4.74 Å². The van der Waals surface area contributed by atoms with Crippen molar-refractivity contribution in [3.8, 4) is 0 Å². The van der Waals surface area contributed by atoms with E-state index in [1.807, 2.05) is 36.7 Å². The summed E-state index contributed by atoms with van der Waals surface area (Å²) in [5, 5.41) is 0.480. The van der Waals surface area contributed by atoms with Gasteiger partial charge in [-0.3, -0.25) is 9.88 Å². The summed E-state index contributed by atoms with van der Waals surface area (Å²) in [5.41, 5.74) is 2.50. The van der Waals surface area contributed by atoms with Gasteiger partial charge in [0.05, 0.1) is 17.6 Å². The molecule has 1 N–H and O–H groups in total. The third-order valence-corrected chi connectivity index (χ3v) is 7.94. The van der Waals surface area contributed by atoms with E-state index < -0.39 is 10.0 Å². The molecule has 0 saturated heterocycles. The maximum absolute atomic E-state index is 13.1. The van der Waals surface area contributed by atoms with Crippen LogP contribution in [-0.2, 0) is 27.8 Å². The molecular weight excluding hydrogens is 518 g/mol. The van der Waals surface area contributed by atoms with Crippen LogP contribution in [0.1, 0.15) is 27.9 Å². The third kappa shape index (κ3) is 8.60. The molecule has 3 aromatic rings. The minimum absolute atomic E-state index is 0.179. The Labute approximate surface area is 222 Å². The number of rotatable bonds is 13. The number of benzene rings is 2. The highest BCUT2D eigenvalue weighted by Crippen LogP contribution is 2.17. The third-order valence-electron chi connectivity index (χ3n) is 5.50. The molecule has 0 radical (unpaired) electrons. The average molecular weight is 548 g/mol. The first kappa shape index (κ1) is 28.1. The molecule has 1 atom stereocenters. The fourth-order valence-corrected chi connectivity index (χ4v) is 5.63. The van der Waals surface area contributed by atoms with Crippen LogP contribution in [0.2, 0.25) is 5.02 Å². The van der Waals surface area contributed by atoms with Gasteiger partial charge in [-0.25, -0.2) is 17.9 Å². The largest absolute Gasteiger partial charge is 0.465 e. The molecular formula is C26H30ClN3O4S2. The second-order valence-electron chi connectivity index (χ2n) is 8.27. The first-order valence-electron chi connectivity index (χ1n) is 11.4. The van der Waals surface area contributed by atoms with E-state index in [9.17, 15) is 13.2 Å². The van der Waals surface area contributed by atoms with E-state index in [0.29, 0.717) is 36.6 Å². The Balaban J connectivity index is 1.82. The molecule has 7 nitrogen and oxygen atoms in total. The Morgan fingerprint density at radius 1 is 1.08 bits per heavy atom. The molecule has 0 aliphatic heterocycles. The molecule has 0 spiro atoms. The zero-order valence-corrected chi connectivity index (χ0v) is 22.7. The predicted octanol–water partition coefficient (Wildman–Crippen LogP) is 4.62. The molecule has 1 heterocycles. The van der Waals surface area contributed by atoms with Gasteiger partial charge in [-0.2, -0.15) is 11.8 Å². The molecule has 10 heteroatoms. The van der Waals surface area contributed by atoms with Crippen molar-refractivity contribution in [2.75, 3.05) is 25.7 Å². The summed E-state index contributed by atoms with van der Waals surface area (Å²) in [5.74, 6) is 0.421. The van der Waals surface area contributed by atoms with Gasteiger partial charge in [0.15, 0.2) is 0 Å². The molecule has 0 bridgehead atoms. The number of halogens is 1. The molecule has 0 saturated carbocycles. The van der Waals surface area contributed by atoms with Crippen LogP contribution in [0, 0.1) is 0 Å². The summed E-state index contributed by atoms with van der Waals surface area (Å²) in [6, 6.07) is 17.0. The molecule has 1 aromatic heterocycles. The van der Waals surface area contributed by atoms with Crippen LogP contribution in [0.3, 0.4) is 0 Å². The van der Waals surface area contributed by atoms with E-state index in [-0.39, 0.29) is 16.9 Å². The first-order chi connectivity index (χ1) is 17.3. The van der Waals surface area contributed by atoms with Gasteiger partial charge in [0, 0.05) is 43.1 Å². The van der Waals surface area contributed by atoms with Crippen LogP contribution >= 0.6 is 23.4 Å². The van der Waals surface area contributed by atoms with Crippen molar-refractivity contribution in [2.45, 2.75) is 30.4 Å². The Morgan fingerprint density at radius 3 is 2.39 bits per heavy atom. The number of nitrogens with zero attached hydrogens (tertiary/aromatic N) is 2. The number of hydrogen-bond donors (Lipinski definition) is 1. The highest BCUT2D eigenvalue weighted by atomic mass is 35.5. The van der Waals surface area contributed by atoms with Gasteiger partial charge in [0.1, 0.15) is 0 Å². The molecule has 36 heavy (non-hydrogen) atoms. The number of carbonyl (C=O) groups excluding carboxylic acids is 1. The van der Waals surface area contributed by atoms with E-state index in [2.05, 4.69) is 14.6 Å². The van der Waals surface area contributed by atoms with Crippen LogP contribution in [0.15, 0.2) is 78.0 Å². The zero-order chi connectivity index (χ0) is 26.0. The van der Waals surface area contributed by atoms with Crippen molar-refractivity contribution < 1.29 is 17.9 Å². The van der Waals surface area contributed by atoms with Gasteiger partial charge in [0.2, 0.25) is 10.0 Å². The maximum Gasteiger partial charge on any atom is 0.337 e. The normalized spacial score (nSPS) is 12.4. The lowest BCUT2D eigenvalue weighted by molar-refractivity contribution is 0.0600. The van der Waals surface area contributed by atoms with E-state index in [4.69, 9.17) is 16.3 Å². The Bertz CT molecular complexity index is 1210. The van der Waals surface area contributed by atoms with E-state index in [1.165, 1.54) is 19.2 Å². The highest BCUT2D eigenvalue weighted by Gasteiger charge is 2.23. The van der Waals surface area contributed by atoms with Gasteiger partial charge in [-0.1, -0.05) is 29.8 Å². The topological polar surface area (TPSA) is 88.6 Å². The number of sulfonamides is 1. The van der Waals surface area contributed by atoms with Gasteiger partial charge in [-0.05, 0) is 72.0 Å². The molecule has 2 aromatic carbocycles. The van der Waals surface area contributed by atoms with Crippen LogP contribution < -0.4 is 4.72 Å². The zero-order valence-electron chi connectivity index (χ0n) is 20.3. The second-order valence-corrected chi connectivity index (χ2v) is 11.4. The fraction of sp³-hybridized carbons (Fsp3) is 0.308. The summed E-state index contributed by atoms with van der Waals surface area (Å²) in [4.78, 5) is 18.4. The number of carbonyl (C=O) groups is 1.